The lowest BCUT2D eigenvalue weighted by molar-refractivity contribution is -0.136. The summed E-state index contributed by atoms with van der Waals surface area (Å²) in [5.74, 6) is -0.379. The Balaban J connectivity index is 1.97. The second kappa shape index (κ2) is 7.02. The lowest BCUT2D eigenvalue weighted by atomic mass is 9.93. The number of benzene rings is 1. The van der Waals surface area contributed by atoms with Crippen LogP contribution in [-0.2, 0) is 11.2 Å². The van der Waals surface area contributed by atoms with E-state index in [2.05, 4.69) is 10.1 Å². The third-order valence-electron chi connectivity index (χ3n) is 5.12. The van der Waals surface area contributed by atoms with Gasteiger partial charge in [-0.25, -0.2) is 4.68 Å². The van der Waals surface area contributed by atoms with Gasteiger partial charge in [-0.15, -0.1) is 0 Å². The maximum atomic E-state index is 13.0. The normalized spacial score (nSPS) is 16.8. The van der Waals surface area contributed by atoms with Crippen LogP contribution in [-0.4, -0.2) is 43.8 Å². The fraction of sp³-hybridized carbons (Fsp3) is 0.333. The van der Waals surface area contributed by atoms with E-state index in [0.717, 1.165) is 11.3 Å². The minimum atomic E-state index is -2.76. The van der Waals surface area contributed by atoms with Crippen molar-refractivity contribution in [1.82, 2.24) is 19.7 Å². The molecule has 1 aliphatic rings. The first kappa shape index (κ1) is 19.2. The predicted octanol–water partition coefficient (Wildman–Crippen LogP) is 4.17. The van der Waals surface area contributed by atoms with Gasteiger partial charge in [-0.2, -0.15) is 13.9 Å². The van der Waals surface area contributed by atoms with Crippen molar-refractivity contribution in [3.63, 3.8) is 0 Å². The van der Waals surface area contributed by atoms with Crippen molar-refractivity contribution in [1.29, 1.82) is 0 Å². The van der Waals surface area contributed by atoms with Crippen LogP contribution in [0, 0.1) is 0 Å². The largest absolute Gasteiger partial charge is 0.387 e. The fourth-order valence-electron chi connectivity index (χ4n) is 3.86. The lowest BCUT2D eigenvalue weighted by Crippen LogP contribution is -2.40. The lowest BCUT2D eigenvalue weighted by Gasteiger charge is -2.33. The summed E-state index contributed by atoms with van der Waals surface area (Å²) in [6, 6.07) is 2.73. The third-order valence-corrected chi connectivity index (χ3v) is 5.91. The van der Waals surface area contributed by atoms with E-state index >= 15 is 0 Å². The zero-order chi connectivity index (χ0) is 20.2. The van der Waals surface area contributed by atoms with Crippen molar-refractivity contribution < 1.29 is 18.7 Å². The minimum absolute atomic E-state index is 0.269. The second-order valence-electron chi connectivity index (χ2n) is 6.62. The highest BCUT2D eigenvalue weighted by molar-refractivity contribution is 6.45. The predicted molar refractivity (Wildman–Crippen MR) is 102 cm³/mol. The highest BCUT2D eigenvalue weighted by Gasteiger charge is 2.32. The van der Waals surface area contributed by atoms with Gasteiger partial charge >= 0.3 is 6.55 Å². The average Bonchev–Trinajstić information content (AvgIpc) is 3.30. The molecule has 1 amide bonds. The molecule has 0 saturated carbocycles. The van der Waals surface area contributed by atoms with E-state index in [-0.39, 0.29) is 17.0 Å². The van der Waals surface area contributed by atoms with E-state index in [1.54, 1.807) is 11.0 Å². The molecule has 10 heteroatoms. The number of rotatable bonds is 3. The van der Waals surface area contributed by atoms with Crippen molar-refractivity contribution in [2.45, 2.75) is 25.9 Å². The molecule has 2 N–H and O–H groups in total. The van der Waals surface area contributed by atoms with E-state index < -0.39 is 13.2 Å². The van der Waals surface area contributed by atoms with Crippen molar-refractivity contribution in [2.75, 3.05) is 13.2 Å². The molecule has 4 rings (SSSR count). The van der Waals surface area contributed by atoms with Crippen LogP contribution in [0.1, 0.15) is 30.8 Å². The molecule has 0 fully saturated rings. The molecule has 0 radical (unpaired) electrons. The Kier molecular flexibility index (Phi) is 4.81. The zero-order valence-electron chi connectivity index (χ0n) is 14.7. The number of amides is 1. The van der Waals surface area contributed by atoms with Gasteiger partial charge in [-0.1, -0.05) is 23.2 Å². The number of aliphatic hydroxyl groups excluding tert-OH is 1. The minimum Gasteiger partial charge on any atom is -0.387 e. The highest BCUT2D eigenvalue weighted by Crippen LogP contribution is 2.44. The molecule has 0 bridgehead atoms. The van der Waals surface area contributed by atoms with Gasteiger partial charge in [0.25, 0.3) is 0 Å². The summed E-state index contributed by atoms with van der Waals surface area (Å²) in [4.78, 5) is 17.0. The Labute approximate surface area is 168 Å². The summed E-state index contributed by atoms with van der Waals surface area (Å²) in [6.07, 6.45) is 1.73. The number of aliphatic hydroxyl groups is 1. The SMILES string of the molecule is C[C@H]1c2c([nH]c3c(Cl)c(Cl)cc(-c4ccn(C(F)F)n4)c23)CCN1C(=O)CO. The molecule has 6 nitrogen and oxygen atoms in total. The van der Waals surface area contributed by atoms with Crippen LogP contribution in [0.4, 0.5) is 8.78 Å². The van der Waals surface area contributed by atoms with Crippen LogP contribution in [0.25, 0.3) is 22.2 Å². The molecule has 28 heavy (non-hydrogen) atoms. The molecule has 3 aromatic rings. The Morgan fingerprint density at radius 1 is 1.46 bits per heavy atom. The topological polar surface area (TPSA) is 74.2 Å². The summed E-state index contributed by atoms with van der Waals surface area (Å²) in [5, 5.41) is 14.5. The molecule has 0 saturated heterocycles. The summed E-state index contributed by atoms with van der Waals surface area (Å²) >= 11 is 12.7. The molecule has 0 unspecified atom stereocenters. The molecule has 3 heterocycles. The van der Waals surface area contributed by atoms with Gasteiger partial charge in [0.2, 0.25) is 5.91 Å². The molecule has 1 atom stereocenters. The molecule has 148 valence electrons. The number of hydrogen-bond donors (Lipinski definition) is 2. The van der Waals surface area contributed by atoms with Gasteiger partial charge in [-0.05, 0) is 19.1 Å². The number of aromatic amines is 1. The van der Waals surface area contributed by atoms with Gasteiger partial charge in [0.1, 0.15) is 6.61 Å². The Morgan fingerprint density at radius 2 is 2.21 bits per heavy atom. The van der Waals surface area contributed by atoms with E-state index in [4.69, 9.17) is 23.2 Å². The van der Waals surface area contributed by atoms with Crippen molar-refractivity contribution >= 4 is 40.0 Å². The van der Waals surface area contributed by atoms with Gasteiger partial charge < -0.3 is 15.0 Å². The third kappa shape index (κ3) is 2.87. The van der Waals surface area contributed by atoms with E-state index in [1.807, 2.05) is 6.92 Å². The van der Waals surface area contributed by atoms with Crippen LogP contribution in [0.2, 0.25) is 10.0 Å². The second-order valence-corrected chi connectivity index (χ2v) is 7.40. The van der Waals surface area contributed by atoms with E-state index in [0.29, 0.717) is 44.8 Å². The van der Waals surface area contributed by atoms with Gasteiger partial charge in [-0.3, -0.25) is 4.79 Å². The summed E-state index contributed by atoms with van der Waals surface area (Å²) in [6.45, 7) is -1.05. The van der Waals surface area contributed by atoms with Crippen LogP contribution < -0.4 is 0 Å². The standard InChI is InChI=1S/C18H16Cl2F2N4O2/c1-8-14-12(2-4-25(8)13(28)7-27)23-17-15(14)9(6-10(19)16(17)20)11-3-5-26(24-11)18(21)22/h3,5-6,8,18,23,27H,2,4,7H2,1H3/t8-/m0/s1. The van der Waals surface area contributed by atoms with Crippen LogP contribution >= 0.6 is 23.2 Å². The smallest absolute Gasteiger partial charge is 0.333 e. The number of halogens is 4. The molecule has 1 aromatic carbocycles. The van der Waals surface area contributed by atoms with Crippen molar-refractivity contribution in [3.8, 4) is 11.3 Å². The number of alkyl halides is 2. The van der Waals surface area contributed by atoms with Gasteiger partial charge in [0.05, 0.1) is 27.3 Å². The maximum Gasteiger partial charge on any atom is 0.333 e. The average molecular weight is 429 g/mol. The van der Waals surface area contributed by atoms with Crippen LogP contribution in [0.15, 0.2) is 18.3 Å². The highest BCUT2D eigenvalue weighted by atomic mass is 35.5. The van der Waals surface area contributed by atoms with Gasteiger partial charge in [0.15, 0.2) is 0 Å². The number of hydrogen-bond acceptors (Lipinski definition) is 3. The molecule has 0 aliphatic carbocycles. The van der Waals surface area contributed by atoms with E-state index in [1.165, 1.54) is 12.3 Å². The van der Waals surface area contributed by atoms with Crippen molar-refractivity contribution in [3.05, 3.63) is 39.6 Å². The summed E-state index contributed by atoms with van der Waals surface area (Å²) in [5.41, 5.74) is 3.16. The first-order valence-electron chi connectivity index (χ1n) is 8.60. The molecule has 1 aliphatic heterocycles. The monoisotopic (exact) mass is 428 g/mol. The summed E-state index contributed by atoms with van der Waals surface area (Å²) in [7, 11) is 0. The number of carbonyl (C=O) groups excluding carboxylic acids is 1. The Morgan fingerprint density at radius 3 is 2.86 bits per heavy atom. The Hall–Kier alpha value is -2.16. The zero-order valence-corrected chi connectivity index (χ0v) is 16.2. The number of nitrogens with zero attached hydrogens (tertiary/aromatic N) is 3. The number of aromatic nitrogens is 3. The summed E-state index contributed by atoms with van der Waals surface area (Å²) < 4.78 is 26.5. The Bertz CT molecular complexity index is 1080. The number of nitrogens with one attached hydrogen (secondary N) is 1. The van der Waals surface area contributed by atoms with Crippen molar-refractivity contribution in [2.24, 2.45) is 0 Å². The molecular formula is C18H16Cl2F2N4O2. The quantitative estimate of drug-likeness (QED) is 0.657. The molecule has 2 aromatic heterocycles. The van der Waals surface area contributed by atoms with E-state index in [9.17, 15) is 18.7 Å². The van der Waals surface area contributed by atoms with Crippen LogP contribution in [0.5, 0.6) is 0 Å². The maximum absolute atomic E-state index is 13.0. The number of H-pyrrole nitrogens is 1. The molecule has 0 spiro atoms. The first-order chi connectivity index (χ1) is 13.3. The first-order valence-corrected chi connectivity index (χ1v) is 9.35. The fourth-order valence-corrected chi connectivity index (χ4v) is 4.26. The number of carbonyl (C=O) groups is 1. The number of fused-ring (bicyclic) bond motifs is 3. The molecular weight excluding hydrogens is 413 g/mol. The van der Waals surface area contributed by atoms with Gasteiger partial charge in [0, 0.05) is 41.4 Å². The van der Waals surface area contributed by atoms with Crippen LogP contribution in [0.3, 0.4) is 0 Å².